The molecule has 116 valence electrons. The Bertz CT molecular complexity index is 514. The molecule has 1 amide bonds. The van der Waals surface area contributed by atoms with Crippen molar-refractivity contribution in [1.29, 1.82) is 0 Å². The largest absolute Gasteiger partial charge is 0.359 e. The van der Waals surface area contributed by atoms with Crippen molar-refractivity contribution in [2.75, 3.05) is 18.4 Å². The number of carbonyl (C=O) groups excluding carboxylic acids is 1. The number of carbonyl (C=O) groups is 1. The van der Waals surface area contributed by atoms with Crippen LogP contribution >= 0.6 is 0 Å². The van der Waals surface area contributed by atoms with E-state index in [1.54, 1.807) is 0 Å². The van der Waals surface area contributed by atoms with E-state index in [1.165, 1.54) is 12.8 Å². The van der Waals surface area contributed by atoms with Crippen LogP contribution in [0, 0.1) is 5.92 Å². The zero-order chi connectivity index (χ0) is 15.0. The van der Waals surface area contributed by atoms with E-state index in [9.17, 15) is 4.79 Å². The SMILES string of the molecule is CC(C)(C)c1cc(NC(=O)[C@@H]2CCCN2CC2CC2)no1. The molecule has 5 heteroatoms. The van der Waals surface area contributed by atoms with Crippen molar-refractivity contribution in [3.8, 4) is 0 Å². The average Bonchev–Trinajstić information content (AvgIpc) is 2.89. The van der Waals surface area contributed by atoms with Crippen molar-refractivity contribution < 1.29 is 9.32 Å². The highest BCUT2D eigenvalue weighted by Crippen LogP contribution is 2.32. The lowest BCUT2D eigenvalue weighted by Crippen LogP contribution is -2.40. The van der Waals surface area contributed by atoms with Crippen LogP contribution in [0.15, 0.2) is 10.6 Å². The van der Waals surface area contributed by atoms with Gasteiger partial charge in [0, 0.05) is 18.0 Å². The Labute approximate surface area is 126 Å². The fourth-order valence-electron chi connectivity index (χ4n) is 2.87. The van der Waals surface area contributed by atoms with Gasteiger partial charge in [-0.25, -0.2) is 0 Å². The van der Waals surface area contributed by atoms with Gasteiger partial charge in [-0.3, -0.25) is 9.69 Å². The average molecular weight is 291 g/mol. The van der Waals surface area contributed by atoms with E-state index in [-0.39, 0.29) is 17.4 Å². The van der Waals surface area contributed by atoms with Crippen molar-refractivity contribution >= 4 is 11.7 Å². The Balaban J connectivity index is 1.61. The van der Waals surface area contributed by atoms with E-state index in [0.29, 0.717) is 5.82 Å². The van der Waals surface area contributed by atoms with Gasteiger partial charge in [0.05, 0.1) is 6.04 Å². The van der Waals surface area contributed by atoms with Crippen LogP contribution < -0.4 is 5.32 Å². The maximum atomic E-state index is 12.5. The lowest BCUT2D eigenvalue weighted by atomic mass is 9.93. The smallest absolute Gasteiger partial charge is 0.242 e. The van der Waals surface area contributed by atoms with E-state index in [1.807, 2.05) is 6.07 Å². The minimum absolute atomic E-state index is 0.000358. The third-order valence-corrected chi connectivity index (χ3v) is 4.36. The van der Waals surface area contributed by atoms with Gasteiger partial charge < -0.3 is 9.84 Å². The van der Waals surface area contributed by atoms with Crippen molar-refractivity contribution in [3.05, 3.63) is 11.8 Å². The number of amides is 1. The van der Waals surface area contributed by atoms with Gasteiger partial charge in [0.15, 0.2) is 5.82 Å². The summed E-state index contributed by atoms with van der Waals surface area (Å²) in [6, 6.07) is 1.83. The van der Waals surface area contributed by atoms with Crippen LogP contribution in [0.25, 0.3) is 0 Å². The van der Waals surface area contributed by atoms with Crippen LogP contribution in [0.2, 0.25) is 0 Å². The Morgan fingerprint density at radius 1 is 1.43 bits per heavy atom. The fraction of sp³-hybridized carbons (Fsp3) is 0.750. The third kappa shape index (κ3) is 3.46. The summed E-state index contributed by atoms with van der Waals surface area (Å²) in [4.78, 5) is 14.8. The van der Waals surface area contributed by atoms with Gasteiger partial charge in [0.1, 0.15) is 5.76 Å². The molecule has 0 radical (unpaired) electrons. The predicted octanol–water partition coefficient (Wildman–Crippen LogP) is 2.79. The van der Waals surface area contributed by atoms with Crippen LogP contribution in [0.3, 0.4) is 0 Å². The van der Waals surface area contributed by atoms with E-state index in [4.69, 9.17) is 4.52 Å². The summed E-state index contributed by atoms with van der Waals surface area (Å²) in [6.45, 7) is 8.30. The number of aromatic nitrogens is 1. The van der Waals surface area contributed by atoms with Gasteiger partial charge in [-0.15, -0.1) is 0 Å². The molecule has 1 aliphatic heterocycles. The lowest BCUT2D eigenvalue weighted by molar-refractivity contribution is -0.120. The monoisotopic (exact) mass is 291 g/mol. The molecule has 0 unspecified atom stereocenters. The van der Waals surface area contributed by atoms with Gasteiger partial charge in [-0.2, -0.15) is 0 Å². The number of hydrogen-bond donors (Lipinski definition) is 1. The number of rotatable bonds is 4. The molecule has 5 nitrogen and oxygen atoms in total. The van der Waals surface area contributed by atoms with Gasteiger partial charge in [-0.05, 0) is 38.1 Å². The second-order valence-corrected chi connectivity index (χ2v) is 7.41. The predicted molar refractivity (Wildman–Crippen MR) is 81.2 cm³/mol. The molecule has 2 aliphatic rings. The molecule has 1 saturated carbocycles. The quantitative estimate of drug-likeness (QED) is 0.926. The summed E-state index contributed by atoms with van der Waals surface area (Å²) in [5.41, 5.74) is -0.0959. The molecular weight excluding hydrogens is 266 g/mol. The number of anilines is 1. The van der Waals surface area contributed by atoms with Crippen molar-refractivity contribution in [2.24, 2.45) is 5.92 Å². The van der Waals surface area contributed by atoms with Crippen LogP contribution in [-0.2, 0) is 10.2 Å². The Hall–Kier alpha value is -1.36. The maximum absolute atomic E-state index is 12.5. The minimum atomic E-state index is -0.0959. The zero-order valence-electron chi connectivity index (χ0n) is 13.2. The highest BCUT2D eigenvalue weighted by Gasteiger charge is 2.35. The molecule has 0 bridgehead atoms. The highest BCUT2D eigenvalue weighted by molar-refractivity contribution is 5.94. The summed E-state index contributed by atoms with van der Waals surface area (Å²) in [5, 5.41) is 6.88. The first-order valence-corrected chi connectivity index (χ1v) is 7.95. The van der Waals surface area contributed by atoms with E-state index >= 15 is 0 Å². The van der Waals surface area contributed by atoms with Gasteiger partial charge in [0.25, 0.3) is 0 Å². The molecule has 0 aromatic carbocycles. The summed E-state index contributed by atoms with van der Waals surface area (Å²) >= 11 is 0. The normalized spacial score (nSPS) is 23.5. The van der Waals surface area contributed by atoms with Crippen molar-refractivity contribution in [1.82, 2.24) is 10.1 Å². The van der Waals surface area contributed by atoms with Gasteiger partial charge in [0.2, 0.25) is 5.91 Å². The van der Waals surface area contributed by atoms with Crippen LogP contribution in [0.4, 0.5) is 5.82 Å². The molecule has 2 heterocycles. The topological polar surface area (TPSA) is 58.4 Å². The summed E-state index contributed by atoms with van der Waals surface area (Å²) in [5.74, 6) is 2.20. The van der Waals surface area contributed by atoms with Crippen LogP contribution in [0.1, 0.15) is 52.2 Å². The van der Waals surface area contributed by atoms with Crippen molar-refractivity contribution in [2.45, 2.75) is 57.9 Å². The molecule has 3 rings (SSSR count). The Morgan fingerprint density at radius 3 is 2.81 bits per heavy atom. The second kappa shape index (κ2) is 5.44. The molecular formula is C16H25N3O2. The van der Waals surface area contributed by atoms with E-state index in [2.05, 4.69) is 36.1 Å². The Morgan fingerprint density at radius 2 is 2.19 bits per heavy atom. The first kappa shape index (κ1) is 14.6. The van der Waals surface area contributed by atoms with Crippen molar-refractivity contribution in [3.63, 3.8) is 0 Å². The molecule has 1 atom stereocenters. The number of hydrogen-bond acceptors (Lipinski definition) is 4. The number of nitrogens with zero attached hydrogens (tertiary/aromatic N) is 2. The third-order valence-electron chi connectivity index (χ3n) is 4.36. The fourth-order valence-corrected chi connectivity index (χ4v) is 2.87. The zero-order valence-corrected chi connectivity index (χ0v) is 13.2. The van der Waals surface area contributed by atoms with E-state index < -0.39 is 0 Å². The molecule has 21 heavy (non-hydrogen) atoms. The molecule has 0 spiro atoms. The second-order valence-electron chi connectivity index (χ2n) is 7.41. The molecule has 1 saturated heterocycles. The first-order chi connectivity index (χ1) is 9.93. The summed E-state index contributed by atoms with van der Waals surface area (Å²) in [7, 11) is 0. The van der Waals surface area contributed by atoms with E-state index in [0.717, 1.165) is 37.6 Å². The molecule has 1 aromatic heterocycles. The highest BCUT2D eigenvalue weighted by atomic mass is 16.5. The number of nitrogens with one attached hydrogen (secondary N) is 1. The Kier molecular flexibility index (Phi) is 3.78. The molecule has 1 aromatic rings. The maximum Gasteiger partial charge on any atom is 0.242 e. The summed E-state index contributed by atoms with van der Waals surface area (Å²) in [6.07, 6.45) is 4.70. The minimum Gasteiger partial charge on any atom is -0.359 e. The van der Waals surface area contributed by atoms with Crippen LogP contribution in [-0.4, -0.2) is 35.1 Å². The van der Waals surface area contributed by atoms with Gasteiger partial charge >= 0.3 is 0 Å². The summed E-state index contributed by atoms with van der Waals surface area (Å²) < 4.78 is 5.32. The van der Waals surface area contributed by atoms with Gasteiger partial charge in [-0.1, -0.05) is 25.9 Å². The van der Waals surface area contributed by atoms with Crippen LogP contribution in [0.5, 0.6) is 0 Å². The molecule has 2 fully saturated rings. The molecule has 1 aliphatic carbocycles. The molecule has 1 N–H and O–H groups in total. The number of likely N-dealkylation sites (tertiary alicyclic amines) is 1. The standard InChI is InChI=1S/C16H25N3O2/c1-16(2,3)13-9-14(18-21-13)17-15(20)12-5-4-8-19(12)10-11-6-7-11/h9,11-12H,4-8,10H2,1-3H3,(H,17,18,20)/t12-/m0/s1. The lowest BCUT2D eigenvalue weighted by Gasteiger charge is -2.22. The first-order valence-electron chi connectivity index (χ1n) is 7.95.